The van der Waals surface area contributed by atoms with Crippen LogP contribution in [0.25, 0.3) is 22.0 Å². The Hall–Kier alpha value is -5.03. The Morgan fingerprint density at radius 1 is 1.04 bits per heavy atom. The molecule has 0 amide bonds. The Labute approximate surface area is 313 Å². The van der Waals surface area contributed by atoms with E-state index in [1.54, 1.807) is 24.4 Å². The van der Waals surface area contributed by atoms with Gasteiger partial charge in [-0.2, -0.15) is 10.4 Å². The molecule has 6 rings (SSSR count). The topological polar surface area (TPSA) is 166 Å². The van der Waals surface area contributed by atoms with Crippen LogP contribution < -0.4 is 14.8 Å². The SMILES string of the molecule is Cc1c(COc2cc(OCc3cncc(C#N)c3)c(CN[C@@H](CO)C(=O)O)cc2Cl)cccc1-c1cccc2c1cnn2CCCCN1CC[C@@H](O)C1. The fourth-order valence-electron chi connectivity index (χ4n) is 6.63. The van der Waals surface area contributed by atoms with Gasteiger partial charge in [-0.05, 0) is 73.2 Å². The number of halogens is 1. The summed E-state index contributed by atoms with van der Waals surface area (Å²) in [6, 6.07) is 18.3. The van der Waals surface area contributed by atoms with Crippen LogP contribution in [0.3, 0.4) is 0 Å². The predicted octanol–water partition coefficient (Wildman–Crippen LogP) is 5.47. The third kappa shape index (κ3) is 9.32. The maximum Gasteiger partial charge on any atom is 0.323 e. The van der Waals surface area contributed by atoms with Gasteiger partial charge in [0.2, 0.25) is 0 Å². The van der Waals surface area contributed by atoms with Crippen molar-refractivity contribution in [3.05, 3.63) is 106 Å². The first-order valence-corrected chi connectivity index (χ1v) is 18.0. The van der Waals surface area contributed by atoms with E-state index in [1.807, 2.05) is 18.3 Å². The van der Waals surface area contributed by atoms with Crippen LogP contribution in [0, 0.1) is 18.3 Å². The Bertz CT molecular complexity index is 2100. The average Bonchev–Trinajstić information content (AvgIpc) is 3.78. The van der Waals surface area contributed by atoms with Crippen LogP contribution >= 0.6 is 11.6 Å². The second kappa shape index (κ2) is 17.7. The van der Waals surface area contributed by atoms with Crippen LogP contribution in [0.1, 0.15) is 47.1 Å². The minimum atomic E-state index is -1.19. The van der Waals surface area contributed by atoms with Gasteiger partial charge in [0.25, 0.3) is 0 Å². The minimum absolute atomic E-state index is 0.0518. The van der Waals surface area contributed by atoms with E-state index in [1.165, 1.54) is 6.20 Å². The predicted molar refractivity (Wildman–Crippen MR) is 201 cm³/mol. The van der Waals surface area contributed by atoms with Gasteiger partial charge in [-0.25, -0.2) is 0 Å². The number of β-amino-alcohol motifs (C(OH)–C–C–N with tert-alkyl or cyclic N) is 1. The molecule has 0 radical (unpaired) electrons. The highest BCUT2D eigenvalue weighted by molar-refractivity contribution is 6.32. The fourth-order valence-corrected chi connectivity index (χ4v) is 6.87. The van der Waals surface area contributed by atoms with E-state index in [0.717, 1.165) is 78.6 Å². The summed E-state index contributed by atoms with van der Waals surface area (Å²) in [5, 5.41) is 46.9. The number of hydrogen-bond acceptors (Lipinski definition) is 10. The molecular formula is C40H43ClN6O6. The number of nitrogens with one attached hydrogen (secondary N) is 1. The monoisotopic (exact) mass is 738 g/mol. The van der Waals surface area contributed by atoms with E-state index >= 15 is 0 Å². The molecule has 0 saturated carbocycles. The van der Waals surface area contributed by atoms with Crippen molar-refractivity contribution in [3.63, 3.8) is 0 Å². The van der Waals surface area contributed by atoms with Crippen LogP contribution in [0.15, 0.2) is 73.2 Å². The van der Waals surface area contributed by atoms with Gasteiger partial charge in [-0.15, -0.1) is 0 Å². The Morgan fingerprint density at radius 2 is 1.83 bits per heavy atom. The third-order valence-corrected chi connectivity index (χ3v) is 9.90. The van der Waals surface area contributed by atoms with E-state index in [4.69, 9.17) is 26.2 Å². The van der Waals surface area contributed by atoms with Crippen molar-refractivity contribution >= 4 is 28.5 Å². The van der Waals surface area contributed by atoms with Crippen LogP contribution in [0.2, 0.25) is 5.02 Å². The highest BCUT2D eigenvalue weighted by atomic mass is 35.5. The van der Waals surface area contributed by atoms with Crippen LogP contribution in [0.5, 0.6) is 11.5 Å². The highest BCUT2D eigenvalue weighted by Gasteiger charge is 2.20. The Balaban J connectivity index is 1.18. The van der Waals surface area contributed by atoms with Crippen molar-refractivity contribution in [1.82, 2.24) is 25.0 Å². The molecule has 1 aliphatic rings. The lowest BCUT2D eigenvalue weighted by atomic mass is 9.94. The van der Waals surface area contributed by atoms with Gasteiger partial charge in [-0.3, -0.25) is 19.8 Å². The summed E-state index contributed by atoms with van der Waals surface area (Å²) in [4.78, 5) is 17.9. The number of aromatic nitrogens is 3. The molecule has 3 aromatic carbocycles. The standard InChI is InChI=1S/C40H43ClN6O6/c1-26-29(6-4-7-32(26)33-8-5-9-37-34(33)21-45-47(37)12-3-2-11-46-13-10-31(49)22-46)25-53-39-16-38(52-24-28-14-27(17-42)18-43-19-28)30(15-35(39)41)20-44-36(23-48)40(50)51/h4-9,14-16,18-19,21,31,36,44,48-49H,2-3,10-13,20,22-25H2,1H3,(H,50,51)/t31-,36+/m1/s1. The lowest BCUT2D eigenvalue weighted by molar-refractivity contribution is -0.140. The van der Waals surface area contributed by atoms with Crippen molar-refractivity contribution in [2.24, 2.45) is 0 Å². The highest BCUT2D eigenvalue weighted by Crippen LogP contribution is 2.36. The summed E-state index contributed by atoms with van der Waals surface area (Å²) < 4.78 is 14.5. The number of hydrogen-bond donors (Lipinski definition) is 4. The summed E-state index contributed by atoms with van der Waals surface area (Å²) in [5.74, 6) is -0.417. The van der Waals surface area contributed by atoms with Gasteiger partial charge >= 0.3 is 5.97 Å². The van der Waals surface area contributed by atoms with Gasteiger partial charge in [0.05, 0.1) is 35.0 Å². The number of aryl methyl sites for hydroxylation is 1. The van der Waals surface area contributed by atoms with Crippen molar-refractivity contribution in [2.75, 3.05) is 26.2 Å². The molecule has 3 heterocycles. The molecule has 1 aliphatic heterocycles. The number of rotatable bonds is 17. The molecule has 0 bridgehead atoms. The molecule has 0 aliphatic carbocycles. The molecule has 1 fully saturated rings. The van der Waals surface area contributed by atoms with E-state index in [-0.39, 0.29) is 25.9 Å². The molecule has 4 N–H and O–H groups in total. The smallest absolute Gasteiger partial charge is 0.323 e. The summed E-state index contributed by atoms with van der Waals surface area (Å²) in [5.41, 5.74) is 6.90. The van der Waals surface area contributed by atoms with E-state index in [2.05, 4.69) is 57.1 Å². The number of benzene rings is 3. The molecule has 2 atom stereocenters. The molecule has 12 nitrogen and oxygen atoms in total. The number of fused-ring (bicyclic) bond motifs is 1. The molecule has 276 valence electrons. The summed E-state index contributed by atoms with van der Waals surface area (Å²) in [6.45, 7) is 5.39. The van der Waals surface area contributed by atoms with Crippen molar-refractivity contribution < 1.29 is 29.6 Å². The van der Waals surface area contributed by atoms with Crippen LogP contribution in [-0.4, -0.2) is 79.3 Å². The van der Waals surface area contributed by atoms with Crippen LogP contribution in [0.4, 0.5) is 0 Å². The molecule has 0 unspecified atom stereocenters. The number of unbranched alkanes of at least 4 members (excludes halogenated alkanes) is 1. The number of carboxylic acid groups (broad SMARTS) is 1. The van der Waals surface area contributed by atoms with Crippen LogP contribution in [-0.2, 0) is 31.1 Å². The van der Waals surface area contributed by atoms with E-state index in [9.17, 15) is 25.4 Å². The number of aliphatic hydroxyl groups excluding tert-OH is 2. The summed E-state index contributed by atoms with van der Waals surface area (Å²) >= 11 is 6.71. The first kappa shape index (κ1) is 37.7. The number of pyridine rings is 1. The zero-order valence-corrected chi connectivity index (χ0v) is 30.3. The largest absolute Gasteiger partial charge is 0.488 e. The van der Waals surface area contributed by atoms with Crippen molar-refractivity contribution in [1.29, 1.82) is 5.26 Å². The third-order valence-electron chi connectivity index (χ3n) is 9.60. The maximum absolute atomic E-state index is 11.5. The number of aliphatic hydroxyl groups is 2. The number of carbonyl (C=O) groups is 1. The van der Waals surface area contributed by atoms with E-state index in [0.29, 0.717) is 33.2 Å². The summed E-state index contributed by atoms with van der Waals surface area (Å²) in [6.07, 6.45) is 7.72. The quantitative estimate of drug-likeness (QED) is 0.0894. The molecule has 2 aromatic heterocycles. The number of likely N-dealkylation sites (tertiary alicyclic amines) is 1. The Morgan fingerprint density at radius 3 is 2.60 bits per heavy atom. The molecule has 53 heavy (non-hydrogen) atoms. The summed E-state index contributed by atoms with van der Waals surface area (Å²) in [7, 11) is 0. The number of nitriles is 1. The van der Waals surface area contributed by atoms with E-state index < -0.39 is 18.6 Å². The lowest BCUT2D eigenvalue weighted by Crippen LogP contribution is -2.39. The zero-order valence-electron chi connectivity index (χ0n) is 29.5. The molecule has 0 spiro atoms. The average molecular weight is 739 g/mol. The number of ether oxygens (including phenoxy) is 2. The van der Waals surface area contributed by atoms with Gasteiger partial charge in [-0.1, -0.05) is 41.9 Å². The molecular weight excluding hydrogens is 696 g/mol. The first-order chi connectivity index (χ1) is 25.7. The van der Waals surface area contributed by atoms with Gasteiger partial charge in [0, 0.05) is 61.2 Å². The molecule has 13 heteroatoms. The van der Waals surface area contributed by atoms with Gasteiger partial charge in [0.1, 0.15) is 36.8 Å². The first-order valence-electron chi connectivity index (χ1n) is 17.7. The zero-order chi connectivity index (χ0) is 37.3. The van der Waals surface area contributed by atoms with Crippen molar-refractivity contribution in [2.45, 2.75) is 64.6 Å². The molecule has 1 saturated heterocycles. The van der Waals surface area contributed by atoms with Gasteiger partial charge < -0.3 is 29.7 Å². The second-order valence-electron chi connectivity index (χ2n) is 13.3. The van der Waals surface area contributed by atoms with Crippen molar-refractivity contribution in [3.8, 4) is 28.7 Å². The normalized spacial score (nSPS) is 15.0. The number of carboxylic acids is 1. The fraction of sp³-hybridized carbons (Fsp3) is 0.350. The Kier molecular flexibility index (Phi) is 12.6. The molecule has 5 aromatic rings. The number of aliphatic carboxylic acids is 1. The number of nitrogens with zero attached hydrogens (tertiary/aromatic N) is 5. The van der Waals surface area contributed by atoms with Gasteiger partial charge in [0.15, 0.2) is 0 Å². The maximum atomic E-state index is 11.5. The minimum Gasteiger partial charge on any atom is -0.488 e. The second-order valence-corrected chi connectivity index (χ2v) is 13.7. The lowest BCUT2D eigenvalue weighted by Gasteiger charge is -2.18.